The fourth-order valence-electron chi connectivity index (χ4n) is 1.60. The summed E-state index contributed by atoms with van der Waals surface area (Å²) >= 11 is 3.29. The first kappa shape index (κ1) is 15.7. The minimum atomic E-state index is -3.47. The molecule has 0 aliphatic carbocycles. The van der Waals surface area contributed by atoms with Crippen molar-refractivity contribution in [3.8, 4) is 5.75 Å². The third-order valence-corrected chi connectivity index (χ3v) is 4.57. The summed E-state index contributed by atoms with van der Waals surface area (Å²) in [5.41, 5.74) is 6.69. The maximum atomic E-state index is 12.0. The van der Waals surface area contributed by atoms with Gasteiger partial charge in [0.15, 0.2) is 0 Å². The van der Waals surface area contributed by atoms with Gasteiger partial charge in [-0.1, -0.05) is 12.1 Å². The molecule has 0 aliphatic heterocycles. The quantitative estimate of drug-likeness (QED) is 0.766. The van der Waals surface area contributed by atoms with Crippen molar-refractivity contribution in [1.82, 2.24) is 0 Å². The zero-order valence-electron chi connectivity index (χ0n) is 11.1. The second-order valence-electron chi connectivity index (χ2n) is 4.32. The molecule has 0 aliphatic rings. The molecular weight excluding hydrogens is 356 g/mol. The van der Waals surface area contributed by atoms with Crippen LogP contribution < -0.4 is 15.2 Å². The van der Waals surface area contributed by atoms with E-state index in [2.05, 4.69) is 20.7 Å². The van der Waals surface area contributed by atoms with Crippen LogP contribution in [0.3, 0.4) is 0 Å². The van der Waals surface area contributed by atoms with Crippen LogP contribution in [0.5, 0.6) is 5.75 Å². The summed E-state index contributed by atoms with van der Waals surface area (Å²) in [6.45, 7) is 0.0592. The summed E-state index contributed by atoms with van der Waals surface area (Å²) in [6, 6.07) is 13.8. The Morgan fingerprint density at radius 2 is 1.76 bits per heavy atom. The lowest BCUT2D eigenvalue weighted by atomic mass is 10.3. The Kier molecular flexibility index (Phi) is 5.08. The first-order valence-electron chi connectivity index (χ1n) is 6.20. The fraction of sp³-hybridized carbons (Fsp3) is 0.143. The summed E-state index contributed by atoms with van der Waals surface area (Å²) in [4.78, 5) is 0. The normalized spacial score (nSPS) is 11.1. The van der Waals surface area contributed by atoms with Crippen molar-refractivity contribution in [2.75, 3.05) is 22.8 Å². The zero-order valence-corrected chi connectivity index (χ0v) is 13.5. The molecule has 0 unspecified atom stereocenters. The van der Waals surface area contributed by atoms with E-state index in [0.717, 1.165) is 0 Å². The summed E-state index contributed by atoms with van der Waals surface area (Å²) in [7, 11) is -3.47. The van der Waals surface area contributed by atoms with Crippen LogP contribution in [0.4, 0.5) is 11.4 Å². The lowest BCUT2D eigenvalue weighted by Crippen LogP contribution is -2.21. The van der Waals surface area contributed by atoms with Gasteiger partial charge in [-0.2, -0.15) is 0 Å². The topological polar surface area (TPSA) is 81.4 Å². The highest BCUT2D eigenvalue weighted by Gasteiger charge is 2.12. The van der Waals surface area contributed by atoms with E-state index >= 15 is 0 Å². The average molecular weight is 371 g/mol. The summed E-state index contributed by atoms with van der Waals surface area (Å²) in [5.74, 6) is 0.443. The lowest BCUT2D eigenvalue weighted by molar-refractivity contribution is 0.341. The number of nitrogens with one attached hydrogen (secondary N) is 1. The summed E-state index contributed by atoms with van der Waals surface area (Å²) in [5, 5.41) is 0. The lowest BCUT2D eigenvalue weighted by Gasteiger charge is -2.10. The molecule has 0 radical (unpaired) electrons. The fourth-order valence-corrected chi connectivity index (χ4v) is 3.03. The Hall–Kier alpha value is -1.73. The molecule has 0 heterocycles. The van der Waals surface area contributed by atoms with Gasteiger partial charge >= 0.3 is 0 Å². The smallest absolute Gasteiger partial charge is 0.236 e. The Bertz CT molecular complexity index is 702. The van der Waals surface area contributed by atoms with E-state index in [1.165, 1.54) is 0 Å². The van der Waals surface area contributed by atoms with Crippen molar-refractivity contribution < 1.29 is 13.2 Å². The number of para-hydroxylation sites is 1. The number of hydrogen-bond donors (Lipinski definition) is 2. The second kappa shape index (κ2) is 6.82. The highest BCUT2D eigenvalue weighted by atomic mass is 79.9. The van der Waals surface area contributed by atoms with Crippen LogP contribution in [-0.4, -0.2) is 20.8 Å². The molecule has 0 bridgehead atoms. The molecule has 21 heavy (non-hydrogen) atoms. The van der Waals surface area contributed by atoms with Crippen molar-refractivity contribution in [2.45, 2.75) is 0 Å². The van der Waals surface area contributed by atoms with Crippen LogP contribution in [0.15, 0.2) is 53.0 Å². The van der Waals surface area contributed by atoms with Gasteiger partial charge in [0.25, 0.3) is 0 Å². The molecule has 0 amide bonds. The monoisotopic (exact) mass is 370 g/mol. The number of hydrogen-bond acceptors (Lipinski definition) is 4. The first-order valence-corrected chi connectivity index (χ1v) is 8.64. The first-order chi connectivity index (χ1) is 9.96. The molecule has 0 aromatic heterocycles. The number of nitrogen functional groups attached to an aromatic ring is 1. The van der Waals surface area contributed by atoms with E-state index in [-0.39, 0.29) is 12.4 Å². The van der Waals surface area contributed by atoms with Crippen LogP contribution >= 0.6 is 15.9 Å². The molecule has 112 valence electrons. The van der Waals surface area contributed by atoms with Crippen molar-refractivity contribution in [3.05, 3.63) is 53.0 Å². The number of anilines is 2. The number of rotatable bonds is 6. The predicted octanol–water partition coefficient (Wildman–Crippen LogP) is 2.85. The SMILES string of the molecule is Nc1ccc(OCCS(=O)(=O)Nc2ccccc2Br)cc1. The Labute approximate surface area is 132 Å². The molecule has 0 atom stereocenters. The standard InChI is InChI=1S/C14H15BrN2O3S/c15-13-3-1-2-4-14(13)17-21(18,19)10-9-20-12-7-5-11(16)6-8-12/h1-8,17H,9-10,16H2. The van der Waals surface area contributed by atoms with Crippen LogP contribution in [-0.2, 0) is 10.0 Å². The third kappa shape index (κ3) is 4.95. The Balaban J connectivity index is 1.90. The molecule has 2 aromatic carbocycles. The zero-order chi connectivity index (χ0) is 15.3. The summed E-state index contributed by atoms with van der Waals surface area (Å²) < 4.78 is 32.5. The van der Waals surface area contributed by atoms with Gasteiger partial charge < -0.3 is 10.5 Å². The van der Waals surface area contributed by atoms with Crippen molar-refractivity contribution in [1.29, 1.82) is 0 Å². The molecule has 2 aromatic rings. The average Bonchev–Trinajstić information content (AvgIpc) is 2.43. The van der Waals surface area contributed by atoms with Gasteiger partial charge in [-0.25, -0.2) is 8.42 Å². The van der Waals surface area contributed by atoms with E-state index in [9.17, 15) is 8.42 Å². The van der Waals surface area contributed by atoms with Gasteiger partial charge in [0.05, 0.1) is 5.69 Å². The van der Waals surface area contributed by atoms with E-state index in [4.69, 9.17) is 10.5 Å². The van der Waals surface area contributed by atoms with Crippen molar-refractivity contribution in [2.24, 2.45) is 0 Å². The van der Waals surface area contributed by atoms with Gasteiger partial charge in [0.1, 0.15) is 18.1 Å². The Morgan fingerprint density at radius 1 is 1.10 bits per heavy atom. The third-order valence-electron chi connectivity index (χ3n) is 2.64. The van der Waals surface area contributed by atoms with Crippen LogP contribution in [0.25, 0.3) is 0 Å². The number of sulfonamides is 1. The number of halogens is 1. The highest BCUT2D eigenvalue weighted by Crippen LogP contribution is 2.22. The summed E-state index contributed by atoms with van der Waals surface area (Å²) in [6.07, 6.45) is 0. The van der Waals surface area contributed by atoms with Gasteiger partial charge in [-0.15, -0.1) is 0 Å². The van der Waals surface area contributed by atoms with Crippen LogP contribution in [0.1, 0.15) is 0 Å². The maximum absolute atomic E-state index is 12.0. The molecule has 5 nitrogen and oxygen atoms in total. The Morgan fingerprint density at radius 3 is 2.43 bits per heavy atom. The molecule has 0 spiro atoms. The molecular formula is C14H15BrN2O3S. The van der Waals surface area contributed by atoms with E-state index in [0.29, 0.717) is 21.6 Å². The number of benzene rings is 2. The highest BCUT2D eigenvalue weighted by molar-refractivity contribution is 9.10. The van der Waals surface area contributed by atoms with Gasteiger partial charge in [0.2, 0.25) is 10.0 Å². The number of ether oxygens (including phenoxy) is 1. The van der Waals surface area contributed by atoms with Crippen molar-refractivity contribution in [3.63, 3.8) is 0 Å². The van der Waals surface area contributed by atoms with Gasteiger partial charge in [-0.05, 0) is 52.3 Å². The minimum absolute atomic E-state index is 0.0592. The predicted molar refractivity (Wildman–Crippen MR) is 87.9 cm³/mol. The molecule has 3 N–H and O–H groups in total. The molecule has 0 fully saturated rings. The van der Waals surface area contributed by atoms with Crippen LogP contribution in [0.2, 0.25) is 0 Å². The largest absolute Gasteiger partial charge is 0.492 e. The maximum Gasteiger partial charge on any atom is 0.236 e. The van der Waals surface area contributed by atoms with Crippen molar-refractivity contribution >= 4 is 37.3 Å². The molecule has 2 rings (SSSR count). The number of nitrogens with two attached hydrogens (primary N) is 1. The molecule has 0 saturated heterocycles. The van der Waals surface area contributed by atoms with Crippen LogP contribution in [0, 0.1) is 0 Å². The van der Waals surface area contributed by atoms with Gasteiger partial charge in [-0.3, -0.25) is 4.72 Å². The van der Waals surface area contributed by atoms with E-state index < -0.39 is 10.0 Å². The minimum Gasteiger partial charge on any atom is -0.492 e. The molecule has 7 heteroatoms. The van der Waals surface area contributed by atoms with E-state index in [1.54, 1.807) is 42.5 Å². The second-order valence-corrected chi connectivity index (χ2v) is 7.01. The van der Waals surface area contributed by atoms with E-state index in [1.807, 2.05) is 6.07 Å². The molecule has 0 saturated carbocycles. The van der Waals surface area contributed by atoms with Gasteiger partial charge in [0, 0.05) is 10.2 Å².